The first-order chi connectivity index (χ1) is 15.4. The molecule has 8 heteroatoms. The minimum Gasteiger partial charge on any atom is -0.496 e. The summed E-state index contributed by atoms with van der Waals surface area (Å²) in [6.45, 7) is 4.77. The number of hydrogen-bond acceptors (Lipinski definition) is 5. The topological polar surface area (TPSA) is 47.4 Å². The lowest BCUT2D eigenvalue weighted by Gasteiger charge is -2.16. The predicted octanol–water partition coefficient (Wildman–Crippen LogP) is 6.17. The summed E-state index contributed by atoms with van der Waals surface area (Å²) in [6.07, 6.45) is 3.83. The predicted molar refractivity (Wildman–Crippen MR) is 138 cm³/mol. The standard InChI is InChI=1S/C24H22BrN3O2S2/c1-15(2)13-27-23(29)21(32-24(27)31)12-17-14-28(18-7-5-4-6-8-18)26-22(17)16-9-10-20(30-3)19(25)11-16/h4-12,14-15H,13H2,1-3H3/b21-12-. The third-order valence-corrected chi connectivity index (χ3v) is 6.89. The van der Waals surface area contributed by atoms with Crippen molar-refractivity contribution in [2.45, 2.75) is 13.8 Å². The maximum Gasteiger partial charge on any atom is 0.266 e. The maximum atomic E-state index is 13.0. The van der Waals surface area contributed by atoms with Gasteiger partial charge in [-0.05, 0) is 58.3 Å². The van der Waals surface area contributed by atoms with Crippen molar-refractivity contribution in [3.63, 3.8) is 0 Å². The molecule has 0 atom stereocenters. The fourth-order valence-electron chi connectivity index (χ4n) is 3.41. The molecule has 5 nitrogen and oxygen atoms in total. The number of methoxy groups -OCH3 is 1. The van der Waals surface area contributed by atoms with Crippen LogP contribution in [0.5, 0.6) is 5.75 Å². The molecule has 0 N–H and O–H groups in total. The van der Waals surface area contributed by atoms with Crippen LogP contribution in [-0.2, 0) is 4.79 Å². The lowest BCUT2D eigenvalue weighted by molar-refractivity contribution is -0.122. The van der Waals surface area contributed by atoms with Gasteiger partial charge in [0, 0.05) is 23.9 Å². The monoisotopic (exact) mass is 527 g/mol. The molecule has 0 radical (unpaired) electrons. The van der Waals surface area contributed by atoms with Crippen molar-refractivity contribution in [2.24, 2.45) is 5.92 Å². The van der Waals surface area contributed by atoms with Gasteiger partial charge in [0.25, 0.3) is 5.91 Å². The summed E-state index contributed by atoms with van der Waals surface area (Å²) < 4.78 is 8.62. The van der Waals surface area contributed by atoms with Gasteiger partial charge in [0.1, 0.15) is 15.8 Å². The fourth-order valence-corrected chi connectivity index (χ4v) is 5.21. The second-order valence-electron chi connectivity index (χ2n) is 7.75. The van der Waals surface area contributed by atoms with Crippen LogP contribution in [0.4, 0.5) is 0 Å². The number of hydrogen-bond donors (Lipinski definition) is 0. The van der Waals surface area contributed by atoms with E-state index < -0.39 is 0 Å². The molecule has 1 saturated heterocycles. The summed E-state index contributed by atoms with van der Waals surface area (Å²) in [5.41, 5.74) is 3.46. The van der Waals surface area contributed by atoms with E-state index in [0.717, 1.165) is 32.7 Å². The van der Waals surface area contributed by atoms with E-state index in [1.165, 1.54) is 11.8 Å². The van der Waals surface area contributed by atoms with E-state index in [0.29, 0.717) is 21.7 Å². The SMILES string of the molecule is COc1ccc(-c2nn(-c3ccccc3)cc2/C=C2\SC(=S)N(CC(C)C)C2=O)cc1Br. The van der Waals surface area contributed by atoms with E-state index in [4.69, 9.17) is 22.1 Å². The van der Waals surface area contributed by atoms with Crippen LogP contribution in [0, 0.1) is 5.92 Å². The van der Waals surface area contributed by atoms with Crippen LogP contribution in [0.3, 0.4) is 0 Å². The summed E-state index contributed by atoms with van der Waals surface area (Å²) in [5.74, 6) is 1.03. The van der Waals surface area contributed by atoms with Gasteiger partial charge >= 0.3 is 0 Å². The number of thiocarbonyl (C=S) groups is 1. The highest BCUT2D eigenvalue weighted by molar-refractivity contribution is 9.10. The average Bonchev–Trinajstić information content (AvgIpc) is 3.31. The minimum absolute atomic E-state index is 0.0528. The molecule has 4 rings (SSSR count). The largest absolute Gasteiger partial charge is 0.496 e. The van der Waals surface area contributed by atoms with Crippen molar-refractivity contribution in [3.8, 4) is 22.7 Å². The molecule has 1 aromatic heterocycles. The highest BCUT2D eigenvalue weighted by Crippen LogP contribution is 2.36. The molecule has 1 aliphatic rings. The number of aromatic nitrogens is 2. The first-order valence-electron chi connectivity index (χ1n) is 10.1. The number of amides is 1. The van der Waals surface area contributed by atoms with Gasteiger partial charge in [0.15, 0.2) is 0 Å². The zero-order valence-electron chi connectivity index (χ0n) is 17.9. The van der Waals surface area contributed by atoms with Gasteiger partial charge in [0.05, 0.1) is 22.2 Å². The number of halogens is 1. The molecule has 2 heterocycles. The first kappa shape index (κ1) is 22.8. The van der Waals surface area contributed by atoms with Gasteiger partial charge in [-0.25, -0.2) is 4.68 Å². The van der Waals surface area contributed by atoms with Crippen LogP contribution in [0.2, 0.25) is 0 Å². The van der Waals surface area contributed by atoms with Gasteiger partial charge < -0.3 is 4.74 Å². The number of carbonyl (C=O) groups is 1. The number of nitrogens with zero attached hydrogens (tertiary/aromatic N) is 3. The van der Waals surface area contributed by atoms with Crippen molar-refractivity contribution in [2.75, 3.05) is 13.7 Å². The summed E-state index contributed by atoms with van der Waals surface area (Å²) in [7, 11) is 1.63. The van der Waals surface area contributed by atoms with Crippen molar-refractivity contribution in [1.82, 2.24) is 14.7 Å². The van der Waals surface area contributed by atoms with Crippen LogP contribution in [-0.4, -0.2) is 38.6 Å². The zero-order chi connectivity index (χ0) is 22.8. The number of ether oxygens (including phenoxy) is 1. The summed E-state index contributed by atoms with van der Waals surface area (Å²) >= 11 is 10.4. The number of para-hydroxylation sites is 1. The molecule has 1 amide bonds. The number of carbonyl (C=O) groups excluding carboxylic acids is 1. The van der Waals surface area contributed by atoms with E-state index in [-0.39, 0.29) is 5.91 Å². The molecule has 3 aromatic rings. The Hall–Kier alpha value is -2.42. The first-order valence-corrected chi connectivity index (χ1v) is 12.1. The number of rotatable bonds is 6. The van der Waals surface area contributed by atoms with E-state index in [2.05, 4.69) is 29.8 Å². The molecule has 0 spiro atoms. The molecule has 0 unspecified atom stereocenters. The van der Waals surface area contributed by atoms with E-state index >= 15 is 0 Å². The fraction of sp³-hybridized carbons (Fsp3) is 0.208. The number of benzene rings is 2. The smallest absolute Gasteiger partial charge is 0.266 e. The molecule has 164 valence electrons. The quantitative estimate of drug-likeness (QED) is 0.283. The molecule has 2 aromatic carbocycles. The Kier molecular flexibility index (Phi) is 6.83. The lowest BCUT2D eigenvalue weighted by Crippen LogP contribution is -2.31. The third-order valence-electron chi connectivity index (χ3n) is 4.90. The normalized spacial score (nSPS) is 15.3. The maximum absolute atomic E-state index is 13.0. The Bertz CT molecular complexity index is 1210. The Morgan fingerprint density at radius 2 is 1.97 bits per heavy atom. The third kappa shape index (κ3) is 4.67. The van der Waals surface area contributed by atoms with Crippen LogP contribution in [0.25, 0.3) is 23.0 Å². The summed E-state index contributed by atoms with van der Waals surface area (Å²) in [5, 5.41) is 4.84. The van der Waals surface area contributed by atoms with E-state index in [9.17, 15) is 4.79 Å². The van der Waals surface area contributed by atoms with Crippen LogP contribution in [0.1, 0.15) is 19.4 Å². The summed E-state index contributed by atoms with van der Waals surface area (Å²) in [6, 6.07) is 15.7. The number of thioether (sulfide) groups is 1. The van der Waals surface area contributed by atoms with Gasteiger partial charge in [-0.1, -0.05) is 56.0 Å². The second-order valence-corrected chi connectivity index (χ2v) is 10.3. The van der Waals surface area contributed by atoms with Crippen LogP contribution >= 0.6 is 39.9 Å². The van der Waals surface area contributed by atoms with Gasteiger partial charge in [-0.3, -0.25) is 9.69 Å². The molecule has 0 aliphatic carbocycles. The van der Waals surface area contributed by atoms with E-state index in [1.807, 2.05) is 65.5 Å². The average molecular weight is 528 g/mol. The van der Waals surface area contributed by atoms with Crippen LogP contribution < -0.4 is 4.74 Å². The van der Waals surface area contributed by atoms with Gasteiger partial charge in [-0.15, -0.1) is 0 Å². The second kappa shape index (κ2) is 9.60. The lowest BCUT2D eigenvalue weighted by atomic mass is 10.1. The molecule has 32 heavy (non-hydrogen) atoms. The van der Waals surface area contributed by atoms with Gasteiger partial charge in [-0.2, -0.15) is 5.10 Å². The Morgan fingerprint density at radius 3 is 2.62 bits per heavy atom. The molecular weight excluding hydrogens is 506 g/mol. The van der Waals surface area contributed by atoms with Crippen molar-refractivity contribution in [3.05, 3.63) is 69.7 Å². The Labute approximate surface area is 205 Å². The van der Waals surface area contributed by atoms with Crippen molar-refractivity contribution in [1.29, 1.82) is 0 Å². The van der Waals surface area contributed by atoms with Crippen molar-refractivity contribution < 1.29 is 9.53 Å². The molecule has 1 aliphatic heterocycles. The molecule has 0 saturated carbocycles. The van der Waals surface area contributed by atoms with E-state index in [1.54, 1.807) is 12.0 Å². The van der Waals surface area contributed by atoms with Gasteiger partial charge in [0.2, 0.25) is 0 Å². The van der Waals surface area contributed by atoms with Crippen molar-refractivity contribution >= 4 is 56.2 Å². The Balaban J connectivity index is 1.80. The zero-order valence-corrected chi connectivity index (χ0v) is 21.1. The molecule has 1 fully saturated rings. The summed E-state index contributed by atoms with van der Waals surface area (Å²) in [4.78, 5) is 15.3. The minimum atomic E-state index is -0.0528. The molecular formula is C24H22BrN3O2S2. The Morgan fingerprint density at radius 1 is 1.22 bits per heavy atom. The highest BCUT2D eigenvalue weighted by Gasteiger charge is 2.32. The van der Waals surface area contributed by atoms with Crippen LogP contribution in [0.15, 0.2) is 64.1 Å². The highest BCUT2D eigenvalue weighted by atomic mass is 79.9. The molecule has 0 bridgehead atoms.